The summed E-state index contributed by atoms with van der Waals surface area (Å²) in [6.45, 7) is 3.41. The number of carbonyl (C=O) groups is 2. The number of ether oxygens (including phenoxy) is 1. The van der Waals surface area contributed by atoms with Crippen molar-refractivity contribution in [3.05, 3.63) is 42.1 Å². The van der Waals surface area contributed by atoms with Crippen molar-refractivity contribution in [1.29, 1.82) is 0 Å². The van der Waals surface area contributed by atoms with Crippen molar-refractivity contribution in [2.75, 3.05) is 19.6 Å². The molecule has 1 N–H and O–H groups in total. The van der Waals surface area contributed by atoms with Crippen molar-refractivity contribution in [2.24, 2.45) is 11.8 Å². The third-order valence-corrected chi connectivity index (χ3v) is 6.30. The number of hydrogen-bond donors (Lipinski definition) is 1. The van der Waals surface area contributed by atoms with Crippen LogP contribution in [0.3, 0.4) is 0 Å². The predicted octanol–water partition coefficient (Wildman–Crippen LogP) is 0.823. The van der Waals surface area contributed by atoms with Gasteiger partial charge in [0.2, 0.25) is 5.76 Å². The molecule has 4 atom stereocenters. The van der Waals surface area contributed by atoms with Gasteiger partial charge in [-0.3, -0.25) is 14.6 Å². The lowest BCUT2D eigenvalue weighted by Gasteiger charge is -2.29. The molecule has 28 heavy (non-hydrogen) atoms. The molecule has 0 aliphatic carbocycles. The van der Waals surface area contributed by atoms with Gasteiger partial charge in [-0.2, -0.15) is 0 Å². The number of fused-ring (bicyclic) bond motifs is 1. The lowest BCUT2D eigenvalue weighted by molar-refractivity contribution is 0.00284. The molecule has 0 saturated carbocycles. The molecule has 2 aromatic rings. The molecule has 9 nitrogen and oxygen atoms in total. The van der Waals surface area contributed by atoms with Crippen LogP contribution in [0.2, 0.25) is 0 Å². The Balaban J connectivity index is 1.29. The maximum Gasteiger partial charge on any atom is 0.291 e. The van der Waals surface area contributed by atoms with Gasteiger partial charge < -0.3 is 19.4 Å². The summed E-state index contributed by atoms with van der Waals surface area (Å²) in [6, 6.07) is 0. The zero-order valence-corrected chi connectivity index (χ0v) is 15.5. The zero-order chi connectivity index (χ0) is 19.3. The van der Waals surface area contributed by atoms with E-state index in [0.29, 0.717) is 36.8 Å². The Kier molecular flexibility index (Phi) is 3.94. The van der Waals surface area contributed by atoms with E-state index in [4.69, 9.17) is 9.15 Å². The summed E-state index contributed by atoms with van der Waals surface area (Å²) >= 11 is 0. The highest BCUT2D eigenvalue weighted by molar-refractivity contribution is 5.93. The first-order chi connectivity index (χ1) is 13.6. The third kappa shape index (κ3) is 2.61. The molecule has 2 aromatic heterocycles. The number of hydrogen-bond acceptors (Lipinski definition) is 7. The van der Waals surface area contributed by atoms with Crippen LogP contribution in [0.4, 0.5) is 0 Å². The maximum atomic E-state index is 12.8. The Morgan fingerprint density at radius 2 is 2.25 bits per heavy atom. The average molecular weight is 383 g/mol. The van der Waals surface area contributed by atoms with Gasteiger partial charge in [0.05, 0.1) is 30.1 Å². The minimum absolute atomic E-state index is 0.122. The first kappa shape index (κ1) is 17.3. The number of aryl methyl sites for hydroxylation is 1. The number of aromatic nitrogens is 3. The predicted molar refractivity (Wildman–Crippen MR) is 95.3 cm³/mol. The van der Waals surface area contributed by atoms with Gasteiger partial charge in [-0.1, -0.05) is 0 Å². The molecular formula is C19H21N5O4. The summed E-state index contributed by atoms with van der Waals surface area (Å²) in [4.78, 5) is 38.9. The molecule has 3 aliphatic heterocycles. The summed E-state index contributed by atoms with van der Waals surface area (Å²) < 4.78 is 11.6. The van der Waals surface area contributed by atoms with Gasteiger partial charge in [0.25, 0.3) is 11.8 Å². The summed E-state index contributed by atoms with van der Waals surface area (Å²) in [5, 5.41) is 2.96. The van der Waals surface area contributed by atoms with Gasteiger partial charge in [-0.05, 0) is 19.8 Å². The van der Waals surface area contributed by atoms with E-state index < -0.39 is 0 Å². The van der Waals surface area contributed by atoms with E-state index in [0.717, 1.165) is 12.8 Å². The van der Waals surface area contributed by atoms with Crippen molar-refractivity contribution in [3.8, 4) is 0 Å². The Morgan fingerprint density at radius 3 is 3.00 bits per heavy atom. The molecule has 3 saturated heterocycles. The van der Waals surface area contributed by atoms with Crippen LogP contribution in [0.1, 0.15) is 39.6 Å². The standard InChI is InChI=1S/C19H21N5O4/c1-11-16(27-10-23-11)18(26)24-8-13-12(15-2-3-19(13,9-24)28-15)6-22-17(25)14-7-20-4-5-21-14/h4-5,7,10,12-13,15H,2-3,6,8-9H2,1H3,(H,22,25)/t12-,13+,15+,19+/m0/s1. The van der Waals surface area contributed by atoms with E-state index >= 15 is 0 Å². The Morgan fingerprint density at radius 1 is 1.36 bits per heavy atom. The second-order valence-corrected chi connectivity index (χ2v) is 7.78. The van der Waals surface area contributed by atoms with Crippen molar-refractivity contribution in [2.45, 2.75) is 31.5 Å². The van der Waals surface area contributed by atoms with E-state index in [1.807, 2.05) is 0 Å². The van der Waals surface area contributed by atoms with Crippen molar-refractivity contribution >= 4 is 11.8 Å². The fraction of sp³-hybridized carbons (Fsp3) is 0.526. The first-order valence-corrected chi connectivity index (χ1v) is 9.49. The van der Waals surface area contributed by atoms with Gasteiger partial charge in [0.1, 0.15) is 5.69 Å². The van der Waals surface area contributed by atoms with E-state index in [1.54, 1.807) is 11.8 Å². The second-order valence-electron chi connectivity index (χ2n) is 7.78. The van der Waals surface area contributed by atoms with E-state index in [1.165, 1.54) is 25.0 Å². The lowest BCUT2D eigenvalue weighted by atomic mass is 9.73. The number of likely N-dealkylation sites (tertiary alicyclic amines) is 1. The molecule has 5 heterocycles. The molecule has 0 radical (unpaired) electrons. The molecule has 9 heteroatoms. The van der Waals surface area contributed by atoms with Crippen molar-refractivity contribution in [3.63, 3.8) is 0 Å². The van der Waals surface area contributed by atoms with Crippen molar-refractivity contribution in [1.82, 2.24) is 25.2 Å². The second kappa shape index (κ2) is 6.37. The molecule has 3 fully saturated rings. The molecule has 5 rings (SSSR count). The molecule has 0 unspecified atom stereocenters. The SMILES string of the molecule is Cc1ncoc1C(=O)N1C[C@@H]2[C@H](CNC(=O)c3cnccn3)[C@H]3CC[C@]2(C1)O3. The molecule has 0 aromatic carbocycles. The number of amides is 2. The van der Waals surface area contributed by atoms with Gasteiger partial charge >= 0.3 is 0 Å². The number of nitrogens with zero attached hydrogens (tertiary/aromatic N) is 4. The highest BCUT2D eigenvalue weighted by atomic mass is 16.5. The molecule has 3 aliphatic rings. The monoisotopic (exact) mass is 383 g/mol. The van der Waals surface area contributed by atoms with E-state index in [2.05, 4.69) is 20.3 Å². The van der Waals surface area contributed by atoms with Crippen LogP contribution in [-0.4, -0.2) is 63.0 Å². The highest BCUT2D eigenvalue weighted by Gasteiger charge is 2.63. The Bertz CT molecular complexity index is 916. The highest BCUT2D eigenvalue weighted by Crippen LogP contribution is 2.54. The fourth-order valence-electron chi connectivity index (χ4n) is 4.99. The Hall–Kier alpha value is -2.81. The van der Waals surface area contributed by atoms with Crippen LogP contribution in [0.25, 0.3) is 0 Å². The van der Waals surface area contributed by atoms with Crippen LogP contribution in [0.5, 0.6) is 0 Å². The Labute approximate surface area is 161 Å². The van der Waals surface area contributed by atoms with Gasteiger partial charge in [0, 0.05) is 37.3 Å². The number of carbonyl (C=O) groups excluding carboxylic acids is 2. The average Bonchev–Trinajstić information content (AvgIpc) is 3.46. The summed E-state index contributed by atoms with van der Waals surface area (Å²) in [6.07, 6.45) is 7.79. The topological polar surface area (TPSA) is 110 Å². The minimum atomic E-state index is -0.309. The van der Waals surface area contributed by atoms with Gasteiger partial charge in [-0.15, -0.1) is 0 Å². The quantitative estimate of drug-likeness (QED) is 0.832. The number of nitrogens with one attached hydrogen (secondary N) is 1. The van der Waals surface area contributed by atoms with Gasteiger partial charge in [0.15, 0.2) is 6.39 Å². The van der Waals surface area contributed by atoms with E-state index in [-0.39, 0.29) is 35.4 Å². The molecule has 2 amide bonds. The van der Waals surface area contributed by atoms with E-state index in [9.17, 15) is 9.59 Å². The molecule has 146 valence electrons. The fourth-order valence-corrected chi connectivity index (χ4v) is 4.99. The summed E-state index contributed by atoms with van der Waals surface area (Å²) in [7, 11) is 0. The van der Waals surface area contributed by atoms with Crippen LogP contribution < -0.4 is 5.32 Å². The number of oxazole rings is 1. The van der Waals surface area contributed by atoms with Crippen LogP contribution in [-0.2, 0) is 4.74 Å². The largest absolute Gasteiger partial charge is 0.438 e. The van der Waals surface area contributed by atoms with Crippen LogP contribution >= 0.6 is 0 Å². The first-order valence-electron chi connectivity index (χ1n) is 9.49. The summed E-state index contributed by atoms with van der Waals surface area (Å²) in [5.41, 5.74) is 0.582. The number of rotatable bonds is 4. The van der Waals surface area contributed by atoms with Gasteiger partial charge in [-0.25, -0.2) is 9.97 Å². The maximum absolute atomic E-state index is 12.8. The molecular weight excluding hydrogens is 362 g/mol. The normalized spacial score (nSPS) is 30.5. The summed E-state index contributed by atoms with van der Waals surface area (Å²) in [5.74, 6) is 0.267. The lowest BCUT2D eigenvalue weighted by Crippen LogP contribution is -2.42. The molecule has 2 bridgehead atoms. The molecule has 1 spiro atoms. The van der Waals surface area contributed by atoms with Crippen LogP contribution in [0.15, 0.2) is 29.4 Å². The van der Waals surface area contributed by atoms with Crippen LogP contribution in [0, 0.1) is 18.8 Å². The zero-order valence-electron chi connectivity index (χ0n) is 15.5. The minimum Gasteiger partial charge on any atom is -0.438 e. The third-order valence-electron chi connectivity index (χ3n) is 6.30. The van der Waals surface area contributed by atoms with Crippen molar-refractivity contribution < 1.29 is 18.7 Å². The smallest absolute Gasteiger partial charge is 0.291 e.